The number of carbonyl (C=O) groups excluding carboxylic acids is 1. The first-order valence-electron chi connectivity index (χ1n) is 10.3. The zero-order valence-corrected chi connectivity index (χ0v) is 18.6. The number of amides is 1. The van der Waals surface area contributed by atoms with Crippen LogP contribution in [-0.4, -0.2) is 35.1 Å². The van der Waals surface area contributed by atoms with Gasteiger partial charge in [-0.05, 0) is 31.0 Å². The lowest BCUT2D eigenvalue weighted by molar-refractivity contribution is -0.135. The maximum Gasteiger partial charge on any atom is 0.322 e. The van der Waals surface area contributed by atoms with Crippen LogP contribution < -0.4 is 10.2 Å². The van der Waals surface area contributed by atoms with Crippen molar-refractivity contribution in [1.29, 1.82) is 0 Å². The van der Waals surface area contributed by atoms with Gasteiger partial charge in [0.05, 0.1) is 5.69 Å². The Bertz CT molecular complexity index is 1010. The molecule has 1 amide bonds. The van der Waals surface area contributed by atoms with Gasteiger partial charge in [0, 0.05) is 29.6 Å². The lowest BCUT2D eigenvalue weighted by atomic mass is 10.1. The lowest BCUT2D eigenvalue weighted by Crippen LogP contribution is -2.29. The summed E-state index contributed by atoms with van der Waals surface area (Å²) in [4.78, 5) is 29.8. The summed E-state index contributed by atoms with van der Waals surface area (Å²) < 4.78 is 0. The van der Waals surface area contributed by atoms with E-state index in [1.165, 1.54) is 5.56 Å². The molecule has 2 N–H and O–H groups in total. The summed E-state index contributed by atoms with van der Waals surface area (Å²) >= 11 is 1.64. The van der Waals surface area contributed by atoms with Crippen molar-refractivity contribution < 1.29 is 14.7 Å². The standard InChI is InChI=1S/C24H27N3O3S/c1-3-4-13-27(24-26-21(16-31-24)19-9-5-17(2)6-10-19)15-18-7-11-20(12-8-18)23(30)25-14-22(28)29/h5-12,16H,3-4,13-15H2,1-2H3,(H,25,30)(H,28,29). The van der Waals surface area contributed by atoms with Crippen LogP contribution in [0.4, 0.5) is 5.13 Å². The zero-order valence-electron chi connectivity index (χ0n) is 17.8. The van der Waals surface area contributed by atoms with Crippen molar-refractivity contribution in [1.82, 2.24) is 10.3 Å². The van der Waals surface area contributed by atoms with Gasteiger partial charge in [-0.25, -0.2) is 4.98 Å². The Balaban J connectivity index is 1.72. The molecule has 6 nitrogen and oxygen atoms in total. The summed E-state index contributed by atoms with van der Waals surface area (Å²) in [6.45, 7) is 5.45. The second-order valence-corrected chi connectivity index (χ2v) is 8.27. The quantitative estimate of drug-likeness (QED) is 0.479. The van der Waals surface area contributed by atoms with Gasteiger partial charge in [-0.15, -0.1) is 11.3 Å². The van der Waals surface area contributed by atoms with E-state index < -0.39 is 12.5 Å². The van der Waals surface area contributed by atoms with E-state index in [-0.39, 0.29) is 5.91 Å². The number of nitrogens with zero attached hydrogens (tertiary/aromatic N) is 2. The fourth-order valence-electron chi connectivity index (χ4n) is 3.10. The molecule has 3 aromatic rings. The molecule has 3 rings (SSSR count). The highest BCUT2D eigenvalue weighted by atomic mass is 32.1. The average Bonchev–Trinajstić information content (AvgIpc) is 3.26. The second-order valence-electron chi connectivity index (χ2n) is 7.43. The third kappa shape index (κ3) is 6.39. The van der Waals surface area contributed by atoms with Crippen molar-refractivity contribution in [3.05, 3.63) is 70.6 Å². The molecule has 0 aliphatic rings. The average molecular weight is 438 g/mol. The summed E-state index contributed by atoms with van der Waals surface area (Å²) in [5.74, 6) is -1.45. The van der Waals surface area contributed by atoms with Crippen LogP contribution in [0.25, 0.3) is 11.3 Å². The lowest BCUT2D eigenvalue weighted by Gasteiger charge is -2.22. The van der Waals surface area contributed by atoms with Crippen LogP contribution in [0, 0.1) is 6.92 Å². The maximum absolute atomic E-state index is 12.0. The van der Waals surface area contributed by atoms with E-state index >= 15 is 0 Å². The summed E-state index contributed by atoms with van der Waals surface area (Å²) in [5, 5.41) is 14.1. The van der Waals surface area contributed by atoms with Gasteiger partial charge in [-0.1, -0.05) is 55.3 Å². The van der Waals surface area contributed by atoms with E-state index in [0.717, 1.165) is 41.3 Å². The number of carbonyl (C=O) groups is 2. The molecule has 0 fully saturated rings. The van der Waals surface area contributed by atoms with Crippen molar-refractivity contribution in [3.63, 3.8) is 0 Å². The number of unbranched alkanes of at least 4 members (excludes halogenated alkanes) is 1. The highest BCUT2D eigenvalue weighted by Crippen LogP contribution is 2.29. The minimum Gasteiger partial charge on any atom is -0.480 e. The van der Waals surface area contributed by atoms with Gasteiger partial charge in [0.2, 0.25) is 0 Å². The van der Waals surface area contributed by atoms with Crippen LogP contribution in [0.5, 0.6) is 0 Å². The molecule has 31 heavy (non-hydrogen) atoms. The Kier molecular flexibility index (Phi) is 7.78. The Morgan fingerprint density at radius 3 is 2.45 bits per heavy atom. The molecule has 1 aromatic heterocycles. The molecule has 0 unspecified atom stereocenters. The van der Waals surface area contributed by atoms with E-state index in [1.807, 2.05) is 12.1 Å². The molecule has 2 aromatic carbocycles. The molecule has 0 aliphatic carbocycles. The Hall–Kier alpha value is -3.19. The van der Waals surface area contributed by atoms with Crippen molar-refractivity contribution in [2.45, 2.75) is 33.2 Å². The van der Waals surface area contributed by atoms with Gasteiger partial charge < -0.3 is 15.3 Å². The number of nitrogens with one attached hydrogen (secondary N) is 1. The summed E-state index contributed by atoms with van der Waals surface area (Å²) in [6, 6.07) is 15.6. The third-order valence-corrected chi connectivity index (χ3v) is 5.78. The van der Waals surface area contributed by atoms with Crippen LogP contribution in [0.2, 0.25) is 0 Å². The minimum atomic E-state index is -1.06. The van der Waals surface area contributed by atoms with E-state index in [0.29, 0.717) is 12.1 Å². The number of hydrogen-bond donors (Lipinski definition) is 2. The number of carboxylic acids is 1. The SMILES string of the molecule is CCCCN(Cc1ccc(C(=O)NCC(=O)O)cc1)c1nc(-c2ccc(C)cc2)cs1. The number of aliphatic carboxylic acids is 1. The van der Waals surface area contributed by atoms with Crippen molar-refractivity contribution in [2.24, 2.45) is 0 Å². The number of aromatic nitrogens is 1. The molecule has 0 atom stereocenters. The zero-order chi connectivity index (χ0) is 22.2. The first-order valence-corrected chi connectivity index (χ1v) is 11.2. The van der Waals surface area contributed by atoms with Crippen LogP contribution in [0.3, 0.4) is 0 Å². The molecule has 0 aliphatic heterocycles. The van der Waals surface area contributed by atoms with Crippen molar-refractivity contribution in [3.8, 4) is 11.3 Å². The predicted octanol–water partition coefficient (Wildman–Crippen LogP) is 4.74. The number of anilines is 1. The Morgan fingerprint density at radius 1 is 1.10 bits per heavy atom. The number of hydrogen-bond acceptors (Lipinski definition) is 5. The van der Waals surface area contributed by atoms with Crippen LogP contribution >= 0.6 is 11.3 Å². The van der Waals surface area contributed by atoms with E-state index in [1.54, 1.807) is 23.5 Å². The van der Waals surface area contributed by atoms with Gasteiger partial charge in [-0.2, -0.15) is 0 Å². The fourth-order valence-corrected chi connectivity index (χ4v) is 3.96. The number of benzene rings is 2. The molecule has 0 radical (unpaired) electrons. The molecule has 0 spiro atoms. The molecule has 7 heteroatoms. The highest BCUT2D eigenvalue weighted by molar-refractivity contribution is 7.14. The second kappa shape index (κ2) is 10.7. The van der Waals surface area contributed by atoms with E-state index in [9.17, 15) is 9.59 Å². The molecular formula is C24H27N3O3S. The summed E-state index contributed by atoms with van der Waals surface area (Å²) in [7, 11) is 0. The first-order chi connectivity index (χ1) is 15.0. The van der Waals surface area contributed by atoms with Crippen molar-refractivity contribution >= 4 is 28.3 Å². The van der Waals surface area contributed by atoms with E-state index in [2.05, 4.69) is 53.7 Å². The van der Waals surface area contributed by atoms with Gasteiger partial charge in [0.15, 0.2) is 5.13 Å². The third-order valence-electron chi connectivity index (χ3n) is 4.88. The Labute approximate surface area is 186 Å². The van der Waals surface area contributed by atoms with Gasteiger partial charge >= 0.3 is 5.97 Å². The van der Waals surface area contributed by atoms with Crippen LogP contribution in [-0.2, 0) is 11.3 Å². The van der Waals surface area contributed by atoms with Crippen LogP contribution in [0.15, 0.2) is 53.9 Å². The molecule has 0 saturated carbocycles. The molecule has 0 saturated heterocycles. The molecular weight excluding hydrogens is 410 g/mol. The molecule has 1 heterocycles. The fraction of sp³-hybridized carbons (Fsp3) is 0.292. The van der Waals surface area contributed by atoms with Crippen LogP contribution in [0.1, 0.15) is 41.3 Å². The maximum atomic E-state index is 12.0. The summed E-state index contributed by atoms with van der Waals surface area (Å²) in [6.07, 6.45) is 2.16. The molecule has 162 valence electrons. The molecule has 0 bridgehead atoms. The largest absolute Gasteiger partial charge is 0.480 e. The predicted molar refractivity (Wildman–Crippen MR) is 125 cm³/mol. The van der Waals surface area contributed by atoms with Gasteiger partial charge in [-0.3, -0.25) is 9.59 Å². The number of carboxylic acid groups (broad SMARTS) is 1. The van der Waals surface area contributed by atoms with E-state index in [4.69, 9.17) is 10.1 Å². The number of rotatable bonds is 10. The number of aryl methyl sites for hydroxylation is 1. The smallest absolute Gasteiger partial charge is 0.322 e. The van der Waals surface area contributed by atoms with Gasteiger partial charge in [0.1, 0.15) is 6.54 Å². The minimum absolute atomic E-state index is 0.389. The monoisotopic (exact) mass is 437 g/mol. The van der Waals surface area contributed by atoms with Crippen molar-refractivity contribution in [2.75, 3.05) is 18.0 Å². The Morgan fingerprint density at radius 2 is 1.81 bits per heavy atom. The highest BCUT2D eigenvalue weighted by Gasteiger charge is 2.14. The normalized spacial score (nSPS) is 10.6. The topological polar surface area (TPSA) is 82.5 Å². The summed E-state index contributed by atoms with van der Waals surface area (Å²) in [5.41, 5.74) is 4.83. The first kappa shape index (κ1) is 22.5. The number of thiazole rings is 1. The van der Waals surface area contributed by atoms with Gasteiger partial charge in [0.25, 0.3) is 5.91 Å².